The molecule has 0 fully saturated rings. The maximum atomic E-state index is 5.60. The molecule has 0 radical (unpaired) electrons. The normalized spacial score (nSPS) is 8.70. The monoisotopic (exact) mass is 198 g/mol. The second-order valence-electron chi connectivity index (χ2n) is 1.56. The summed E-state index contributed by atoms with van der Waals surface area (Å²) in [5.74, 6) is 0. The minimum Gasteiger partial charge on any atom is -0.412 e. The molecule has 0 bridgehead atoms. The Morgan fingerprint density at radius 3 is 1.90 bits per heavy atom. The van der Waals surface area contributed by atoms with Crippen LogP contribution in [-0.2, 0) is 0 Å². The number of hydrogen-bond acceptors (Lipinski definition) is 0. The van der Waals surface area contributed by atoms with Gasteiger partial charge in [-0.2, -0.15) is 0 Å². The molecule has 10 heavy (non-hydrogen) atoms. The van der Waals surface area contributed by atoms with Crippen molar-refractivity contribution in [2.75, 3.05) is 0 Å². The minimum absolute atomic E-state index is 0. The molecule has 0 heterocycles. The van der Waals surface area contributed by atoms with Crippen LogP contribution < -0.4 is 0 Å². The molecule has 0 aliphatic carbocycles. The van der Waals surface area contributed by atoms with Crippen LogP contribution in [-0.4, -0.2) is 5.48 Å². The van der Waals surface area contributed by atoms with E-state index in [0.717, 1.165) is 0 Å². The van der Waals surface area contributed by atoms with Crippen molar-refractivity contribution in [3.05, 3.63) is 33.3 Å². The van der Waals surface area contributed by atoms with Crippen molar-refractivity contribution >= 4 is 34.8 Å². The van der Waals surface area contributed by atoms with Crippen LogP contribution in [0.5, 0.6) is 0 Å². The zero-order chi connectivity index (χ0) is 6.85. The first-order valence-electron chi connectivity index (χ1n) is 2.30. The minimum atomic E-state index is 0. The number of hydrogen-bond donors (Lipinski definition) is 0. The van der Waals surface area contributed by atoms with E-state index < -0.39 is 0 Å². The van der Waals surface area contributed by atoms with Crippen molar-refractivity contribution < 1.29 is 5.48 Å². The van der Waals surface area contributed by atoms with E-state index in [-0.39, 0.29) is 5.48 Å². The Bertz CT molecular complexity index is 224. The average molecular weight is 199 g/mol. The van der Waals surface area contributed by atoms with Gasteiger partial charge in [0.15, 0.2) is 0 Å². The molecule has 0 saturated carbocycles. The quantitative estimate of drug-likeness (QED) is 0.576. The summed E-state index contributed by atoms with van der Waals surface area (Å²) in [6, 6.07) is 4.95. The smallest absolute Gasteiger partial charge is 0.0607 e. The van der Waals surface area contributed by atoms with Crippen molar-refractivity contribution in [1.29, 1.82) is 0 Å². The van der Waals surface area contributed by atoms with Gasteiger partial charge < -0.3 is 5.48 Å². The number of benzene rings is 1. The average Bonchev–Trinajstić information content (AvgIpc) is 1.80. The van der Waals surface area contributed by atoms with Gasteiger partial charge in [-0.1, -0.05) is 34.8 Å². The Morgan fingerprint density at radius 2 is 1.50 bits per heavy atom. The Kier molecular flexibility index (Phi) is 4.06. The van der Waals surface area contributed by atoms with Crippen molar-refractivity contribution in [1.82, 2.24) is 0 Å². The Hall–Kier alpha value is 0.0500. The summed E-state index contributed by atoms with van der Waals surface area (Å²) in [4.78, 5) is 0. The van der Waals surface area contributed by atoms with Crippen molar-refractivity contribution in [2.24, 2.45) is 0 Å². The van der Waals surface area contributed by atoms with Crippen LogP contribution in [0, 0.1) is 0 Å². The van der Waals surface area contributed by atoms with Crippen LogP contribution >= 0.6 is 34.8 Å². The van der Waals surface area contributed by atoms with Gasteiger partial charge in [0, 0.05) is 5.02 Å². The lowest BCUT2D eigenvalue weighted by Gasteiger charge is -1.92. The molecule has 0 amide bonds. The topological polar surface area (TPSA) is 31.5 Å². The Labute approximate surface area is 73.8 Å². The molecule has 56 valence electrons. The first-order chi connectivity index (χ1) is 4.20. The molecule has 1 nitrogen and oxygen atoms in total. The van der Waals surface area contributed by atoms with E-state index in [0.29, 0.717) is 15.1 Å². The molecule has 0 unspecified atom stereocenters. The third kappa shape index (κ3) is 2.35. The van der Waals surface area contributed by atoms with Gasteiger partial charge in [-0.05, 0) is 18.2 Å². The van der Waals surface area contributed by atoms with Gasteiger partial charge in [0.1, 0.15) is 0 Å². The molecule has 0 aliphatic heterocycles. The van der Waals surface area contributed by atoms with Gasteiger partial charge in [0.25, 0.3) is 0 Å². The van der Waals surface area contributed by atoms with E-state index in [1.807, 2.05) is 0 Å². The lowest BCUT2D eigenvalue weighted by Crippen LogP contribution is -1.66. The first-order valence-corrected chi connectivity index (χ1v) is 3.44. The fraction of sp³-hybridized carbons (Fsp3) is 0. The highest BCUT2D eigenvalue weighted by Gasteiger charge is 1.94. The summed E-state index contributed by atoms with van der Waals surface area (Å²) < 4.78 is 0. The highest BCUT2D eigenvalue weighted by Crippen LogP contribution is 2.24. The summed E-state index contributed by atoms with van der Waals surface area (Å²) in [7, 11) is 0. The van der Waals surface area contributed by atoms with E-state index in [9.17, 15) is 0 Å². The lowest BCUT2D eigenvalue weighted by atomic mass is 10.4. The Balaban J connectivity index is 0.000000810. The van der Waals surface area contributed by atoms with Crippen LogP contribution in [0.25, 0.3) is 0 Å². The molecule has 0 saturated heterocycles. The van der Waals surface area contributed by atoms with Crippen LogP contribution in [0.2, 0.25) is 15.1 Å². The molecule has 1 aromatic carbocycles. The van der Waals surface area contributed by atoms with Crippen LogP contribution in [0.4, 0.5) is 0 Å². The van der Waals surface area contributed by atoms with Gasteiger partial charge >= 0.3 is 0 Å². The standard InChI is InChI=1S/C6H3Cl3.H2O/c7-4-1-2-5(8)6(9)3-4;/h1-3H;1H2. The molecule has 4 heteroatoms. The predicted octanol–water partition coefficient (Wildman–Crippen LogP) is 2.82. The Morgan fingerprint density at radius 1 is 0.900 bits per heavy atom. The molecule has 2 N–H and O–H groups in total. The zero-order valence-electron chi connectivity index (χ0n) is 4.87. The van der Waals surface area contributed by atoms with Gasteiger partial charge in [0.2, 0.25) is 0 Å². The zero-order valence-corrected chi connectivity index (χ0v) is 7.13. The molecule has 1 aromatic rings. The van der Waals surface area contributed by atoms with Crippen molar-refractivity contribution in [3.8, 4) is 0 Å². The molecule has 0 aliphatic rings. The molecule has 0 spiro atoms. The van der Waals surface area contributed by atoms with Gasteiger partial charge in [0.05, 0.1) is 10.0 Å². The summed E-state index contributed by atoms with van der Waals surface area (Å²) in [6.45, 7) is 0. The van der Waals surface area contributed by atoms with Crippen molar-refractivity contribution in [3.63, 3.8) is 0 Å². The SMILES string of the molecule is Clc1ccc(Cl)c(Cl)c1.O. The molecule has 0 aromatic heterocycles. The third-order valence-corrected chi connectivity index (χ3v) is 1.86. The fourth-order valence-corrected chi connectivity index (χ4v) is 0.997. The van der Waals surface area contributed by atoms with Gasteiger partial charge in [-0.3, -0.25) is 0 Å². The van der Waals surface area contributed by atoms with Crippen LogP contribution in [0.3, 0.4) is 0 Å². The van der Waals surface area contributed by atoms with E-state index >= 15 is 0 Å². The van der Waals surface area contributed by atoms with Gasteiger partial charge in [-0.25, -0.2) is 0 Å². The van der Waals surface area contributed by atoms with Crippen molar-refractivity contribution in [2.45, 2.75) is 0 Å². The maximum Gasteiger partial charge on any atom is 0.0607 e. The van der Waals surface area contributed by atoms with E-state index in [1.54, 1.807) is 18.2 Å². The van der Waals surface area contributed by atoms with E-state index in [2.05, 4.69) is 0 Å². The predicted molar refractivity (Wildman–Crippen MR) is 45.1 cm³/mol. The van der Waals surface area contributed by atoms with Crippen LogP contribution in [0.15, 0.2) is 18.2 Å². The molecule has 1 rings (SSSR count). The summed E-state index contributed by atoms with van der Waals surface area (Å²) in [5, 5.41) is 1.62. The first kappa shape index (κ1) is 10.0. The number of rotatable bonds is 0. The second kappa shape index (κ2) is 4.04. The van der Waals surface area contributed by atoms with Crippen LogP contribution in [0.1, 0.15) is 0 Å². The highest BCUT2D eigenvalue weighted by atomic mass is 35.5. The highest BCUT2D eigenvalue weighted by molar-refractivity contribution is 6.43. The molecular formula is C6H5Cl3O. The summed E-state index contributed by atoms with van der Waals surface area (Å²) in [5.41, 5.74) is 0. The maximum absolute atomic E-state index is 5.60. The number of halogens is 3. The van der Waals surface area contributed by atoms with E-state index in [1.165, 1.54) is 0 Å². The summed E-state index contributed by atoms with van der Waals surface area (Å²) >= 11 is 16.8. The summed E-state index contributed by atoms with van der Waals surface area (Å²) in [6.07, 6.45) is 0. The van der Waals surface area contributed by atoms with Gasteiger partial charge in [-0.15, -0.1) is 0 Å². The second-order valence-corrected chi connectivity index (χ2v) is 2.81. The molecular weight excluding hydrogens is 194 g/mol. The molecule has 0 atom stereocenters. The largest absolute Gasteiger partial charge is 0.412 e. The lowest BCUT2D eigenvalue weighted by molar-refractivity contribution is 0.824. The fourth-order valence-electron chi connectivity index (χ4n) is 0.470. The van der Waals surface area contributed by atoms with E-state index in [4.69, 9.17) is 34.8 Å². The third-order valence-electron chi connectivity index (χ3n) is 0.882.